The number of nitrogens with two attached hydrogens (primary N) is 1. The second kappa shape index (κ2) is 7.12. The maximum absolute atomic E-state index is 11.7. The average molecular weight is 284 g/mol. The molecule has 0 aromatic heterocycles. The summed E-state index contributed by atoms with van der Waals surface area (Å²) in [7, 11) is 3.12. The van der Waals surface area contributed by atoms with Crippen LogP contribution in [0.3, 0.4) is 0 Å². The maximum Gasteiger partial charge on any atom is 0.326 e. The highest BCUT2D eigenvalue weighted by atomic mass is 16.6. The van der Waals surface area contributed by atoms with Gasteiger partial charge in [-0.1, -0.05) is 19.0 Å². The summed E-state index contributed by atoms with van der Waals surface area (Å²) < 4.78 is 0. The van der Waals surface area contributed by atoms with Gasteiger partial charge in [0.15, 0.2) is 0 Å². The summed E-state index contributed by atoms with van der Waals surface area (Å²) in [6, 6.07) is -0.626. The molecule has 1 saturated heterocycles. The predicted molar refractivity (Wildman–Crippen MR) is 76.0 cm³/mol. The van der Waals surface area contributed by atoms with E-state index in [0.29, 0.717) is 18.2 Å². The number of nitrogens with zero attached hydrogens (tertiary/aromatic N) is 3. The van der Waals surface area contributed by atoms with Gasteiger partial charge >= 0.3 is 6.03 Å². The highest BCUT2D eigenvalue weighted by Crippen LogP contribution is 2.14. The third-order valence-electron chi connectivity index (χ3n) is 3.35. The fourth-order valence-electron chi connectivity index (χ4n) is 1.83. The van der Waals surface area contributed by atoms with Gasteiger partial charge in [0.25, 0.3) is 0 Å². The molecular formula is C13H24N4O3. The third-order valence-corrected chi connectivity index (χ3v) is 3.35. The molecule has 1 atom stereocenters. The predicted octanol–water partition coefficient (Wildman–Crippen LogP) is 0.994. The van der Waals surface area contributed by atoms with E-state index in [-0.39, 0.29) is 31.0 Å². The van der Waals surface area contributed by atoms with Gasteiger partial charge in [0.2, 0.25) is 5.91 Å². The highest BCUT2D eigenvalue weighted by molar-refractivity contribution is 5.96. The van der Waals surface area contributed by atoms with Crippen molar-refractivity contribution in [3.8, 4) is 0 Å². The van der Waals surface area contributed by atoms with Gasteiger partial charge in [-0.05, 0) is 12.3 Å². The standard InChI is InChI=1S/C13H24N4O3/c1-9(2)5-6-11(14)15-20-8-10-7-12(18)17(4)13(19)16(10)3/h9-10H,5-8H2,1-4H3,(H2,14,15). The number of carbonyl (C=O) groups is 2. The minimum atomic E-state index is -0.327. The molecule has 1 fully saturated rings. The normalized spacial score (nSPS) is 20.9. The van der Waals surface area contributed by atoms with E-state index in [2.05, 4.69) is 19.0 Å². The van der Waals surface area contributed by atoms with Crippen molar-refractivity contribution in [3.05, 3.63) is 0 Å². The second-order valence-corrected chi connectivity index (χ2v) is 5.52. The van der Waals surface area contributed by atoms with Gasteiger partial charge in [-0.15, -0.1) is 0 Å². The molecule has 0 spiro atoms. The number of imide groups is 1. The number of carbonyl (C=O) groups excluding carboxylic acids is 2. The molecule has 1 heterocycles. The van der Waals surface area contributed by atoms with E-state index < -0.39 is 0 Å². The van der Waals surface area contributed by atoms with Gasteiger partial charge in [0.1, 0.15) is 12.4 Å². The first kappa shape index (κ1) is 16.3. The first-order valence-corrected chi connectivity index (χ1v) is 6.80. The van der Waals surface area contributed by atoms with Crippen LogP contribution in [0.25, 0.3) is 0 Å². The Morgan fingerprint density at radius 2 is 2.10 bits per heavy atom. The monoisotopic (exact) mass is 284 g/mol. The lowest BCUT2D eigenvalue weighted by Gasteiger charge is -2.35. The van der Waals surface area contributed by atoms with E-state index in [4.69, 9.17) is 10.6 Å². The zero-order chi connectivity index (χ0) is 15.3. The molecule has 0 aromatic carbocycles. The van der Waals surface area contributed by atoms with E-state index in [1.165, 1.54) is 11.9 Å². The lowest BCUT2D eigenvalue weighted by atomic mass is 10.1. The molecule has 3 amide bonds. The Balaban J connectivity index is 2.43. The zero-order valence-electron chi connectivity index (χ0n) is 12.6. The van der Waals surface area contributed by atoms with Crippen molar-refractivity contribution in [2.75, 3.05) is 20.7 Å². The summed E-state index contributed by atoms with van der Waals surface area (Å²) in [6.07, 6.45) is 1.86. The molecule has 0 aromatic rings. The van der Waals surface area contributed by atoms with Gasteiger partial charge in [0, 0.05) is 20.5 Å². The van der Waals surface area contributed by atoms with E-state index >= 15 is 0 Å². The van der Waals surface area contributed by atoms with Crippen LogP contribution in [0.5, 0.6) is 0 Å². The van der Waals surface area contributed by atoms with Crippen molar-refractivity contribution < 1.29 is 14.4 Å². The van der Waals surface area contributed by atoms with Gasteiger partial charge < -0.3 is 15.5 Å². The van der Waals surface area contributed by atoms with Crippen molar-refractivity contribution >= 4 is 17.8 Å². The van der Waals surface area contributed by atoms with Crippen LogP contribution in [0.15, 0.2) is 5.16 Å². The van der Waals surface area contributed by atoms with E-state index in [1.807, 2.05) is 0 Å². The van der Waals surface area contributed by atoms with E-state index in [1.54, 1.807) is 7.05 Å². The average Bonchev–Trinajstić information content (AvgIpc) is 2.39. The summed E-state index contributed by atoms with van der Waals surface area (Å²) in [4.78, 5) is 31.1. The molecule has 7 nitrogen and oxygen atoms in total. The molecule has 20 heavy (non-hydrogen) atoms. The fraction of sp³-hybridized carbons (Fsp3) is 0.769. The van der Waals surface area contributed by atoms with Crippen LogP contribution in [-0.4, -0.2) is 54.3 Å². The van der Waals surface area contributed by atoms with Crippen LogP contribution in [0.1, 0.15) is 33.1 Å². The number of amides is 3. The number of hydrogen-bond acceptors (Lipinski definition) is 4. The Hall–Kier alpha value is -1.79. The quantitative estimate of drug-likeness (QED) is 0.447. The van der Waals surface area contributed by atoms with Gasteiger partial charge in [-0.25, -0.2) is 4.79 Å². The largest absolute Gasteiger partial charge is 0.392 e. The molecule has 7 heteroatoms. The summed E-state index contributed by atoms with van der Waals surface area (Å²) in [6.45, 7) is 4.39. The molecule has 1 aliphatic heterocycles. The van der Waals surface area contributed by atoms with Gasteiger partial charge in [-0.2, -0.15) is 0 Å². The van der Waals surface area contributed by atoms with E-state index in [0.717, 1.165) is 11.3 Å². The number of likely N-dealkylation sites (N-methyl/N-ethyl adjacent to an activating group) is 1. The van der Waals surface area contributed by atoms with Crippen LogP contribution in [0.4, 0.5) is 4.79 Å². The number of amidine groups is 1. The molecule has 114 valence electrons. The number of oxime groups is 1. The summed E-state index contributed by atoms with van der Waals surface area (Å²) in [5.41, 5.74) is 5.72. The minimum Gasteiger partial charge on any atom is -0.392 e. The van der Waals surface area contributed by atoms with Crippen LogP contribution in [0, 0.1) is 5.92 Å². The van der Waals surface area contributed by atoms with Crippen LogP contribution in [-0.2, 0) is 9.63 Å². The summed E-state index contributed by atoms with van der Waals surface area (Å²) >= 11 is 0. The number of hydrogen-bond donors (Lipinski definition) is 1. The molecular weight excluding hydrogens is 260 g/mol. The van der Waals surface area contributed by atoms with Crippen LogP contribution < -0.4 is 5.73 Å². The summed E-state index contributed by atoms with van der Waals surface area (Å²) in [5, 5.41) is 3.83. The number of rotatable bonds is 6. The molecule has 0 aliphatic carbocycles. The van der Waals surface area contributed by atoms with Crippen molar-refractivity contribution in [3.63, 3.8) is 0 Å². The Morgan fingerprint density at radius 3 is 2.70 bits per heavy atom. The third kappa shape index (κ3) is 4.40. The first-order chi connectivity index (χ1) is 9.32. The smallest absolute Gasteiger partial charge is 0.326 e. The van der Waals surface area contributed by atoms with Gasteiger partial charge in [-0.3, -0.25) is 9.69 Å². The van der Waals surface area contributed by atoms with Crippen LogP contribution >= 0.6 is 0 Å². The molecule has 1 aliphatic rings. The molecule has 0 radical (unpaired) electrons. The fourth-order valence-corrected chi connectivity index (χ4v) is 1.83. The highest BCUT2D eigenvalue weighted by Gasteiger charge is 2.34. The Labute approximate surface area is 119 Å². The molecule has 1 rings (SSSR count). The van der Waals surface area contributed by atoms with Crippen molar-refractivity contribution in [1.29, 1.82) is 0 Å². The lowest BCUT2D eigenvalue weighted by Crippen LogP contribution is -2.55. The van der Waals surface area contributed by atoms with E-state index in [9.17, 15) is 9.59 Å². The maximum atomic E-state index is 11.7. The lowest BCUT2D eigenvalue weighted by molar-refractivity contribution is -0.132. The molecule has 0 saturated carbocycles. The number of urea groups is 1. The molecule has 0 bridgehead atoms. The SMILES string of the molecule is CC(C)CC/C(N)=N/OCC1CC(=O)N(C)C(=O)N1C. The zero-order valence-corrected chi connectivity index (χ0v) is 12.6. The van der Waals surface area contributed by atoms with Crippen LogP contribution in [0.2, 0.25) is 0 Å². The Kier molecular flexibility index (Phi) is 5.79. The first-order valence-electron chi connectivity index (χ1n) is 6.80. The topological polar surface area (TPSA) is 88.2 Å². The molecule has 2 N–H and O–H groups in total. The Bertz CT molecular complexity index is 395. The van der Waals surface area contributed by atoms with Crippen molar-refractivity contribution in [1.82, 2.24) is 9.80 Å². The summed E-state index contributed by atoms with van der Waals surface area (Å²) in [5.74, 6) is 0.782. The minimum absolute atomic E-state index is 0.171. The Morgan fingerprint density at radius 1 is 1.45 bits per heavy atom. The second-order valence-electron chi connectivity index (χ2n) is 5.52. The van der Waals surface area contributed by atoms with Crippen molar-refractivity contribution in [2.45, 2.75) is 39.2 Å². The van der Waals surface area contributed by atoms with Gasteiger partial charge in [0.05, 0.1) is 12.5 Å². The molecule has 1 unspecified atom stereocenters. The van der Waals surface area contributed by atoms with Crippen molar-refractivity contribution in [2.24, 2.45) is 16.8 Å².